The second-order valence-electron chi connectivity index (χ2n) is 6.17. The van der Waals surface area contributed by atoms with Crippen molar-refractivity contribution in [1.82, 2.24) is 4.31 Å². The highest BCUT2D eigenvalue weighted by molar-refractivity contribution is 7.89. The molecule has 1 aliphatic rings. The van der Waals surface area contributed by atoms with Gasteiger partial charge in [-0.1, -0.05) is 0 Å². The fraction of sp³-hybridized carbons (Fsp3) is 0.625. The van der Waals surface area contributed by atoms with Gasteiger partial charge < -0.3 is 19.9 Å². The zero-order valence-corrected chi connectivity index (χ0v) is 15.0. The number of rotatable bonds is 8. The fourth-order valence-corrected chi connectivity index (χ4v) is 3.74. The van der Waals surface area contributed by atoms with Crippen LogP contribution >= 0.6 is 0 Å². The zero-order valence-electron chi connectivity index (χ0n) is 14.2. The van der Waals surface area contributed by atoms with E-state index in [0.717, 1.165) is 0 Å². The third-order valence-electron chi connectivity index (χ3n) is 3.75. The van der Waals surface area contributed by atoms with Gasteiger partial charge in [0.25, 0.3) is 0 Å². The van der Waals surface area contributed by atoms with Crippen LogP contribution in [0.2, 0.25) is 0 Å². The van der Waals surface area contributed by atoms with Gasteiger partial charge in [-0.15, -0.1) is 0 Å². The largest absolute Gasteiger partial charge is 0.491 e. The van der Waals surface area contributed by atoms with Crippen molar-refractivity contribution in [3.8, 4) is 5.75 Å². The average Bonchev–Trinajstić information content (AvgIpc) is 2.59. The summed E-state index contributed by atoms with van der Waals surface area (Å²) >= 11 is 0. The molecule has 0 aromatic heterocycles. The fourth-order valence-electron chi connectivity index (χ4n) is 2.33. The highest BCUT2D eigenvalue weighted by Gasteiger charge is 2.26. The van der Waals surface area contributed by atoms with Crippen molar-refractivity contribution in [2.75, 3.05) is 39.5 Å². The number of sulfonamides is 1. The van der Waals surface area contributed by atoms with Crippen LogP contribution in [-0.4, -0.2) is 69.4 Å². The van der Waals surface area contributed by atoms with Gasteiger partial charge in [-0.25, -0.2) is 8.42 Å². The van der Waals surface area contributed by atoms with E-state index in [1.54, 1.807) is 12.1 Å². The maximum absolute atomic E-state index is 12.5. The number of quaternary nitrogens is 1. The van der Waals surface area contributed by atoms with Crippen LogP contribution in [0.15, 0.2) is 29.2 Å². The monoisotopic (exact) mass is 359 g/mol. The Morgan fingerprint density at radius 2 is 1.88 bits per heavy atom. The first-order valence-corrected chi connectivity index (χ1v) is 9.66. The first kappa shape index (κ1) is 19.1. The summed E-state index contributed by atoms with van der Waals surface area (Å²) in [5.74, 6) is 0.541. The topological polar surface area (TPSA) is 92.7 Å². The molecule has 0 unspecified atom stereocenters. The van der Waals surface area contributed by atoms with Crippen molar-refractivity contribution >= 4 is 10.0 Å². The Hall–Kier alpha value is -1.19. The number of morpholine rings is 1. The summed E-state index contributed by atoms with van der Waals surface area (Å²) in [6.45, 7) is 6.46. The molecule has 1 aliphatic heterocycles. The van der Waals surface area contributed by atoms with Gasteiger partial charge in [-0.2, -0.15) is 4.31 Å². The normalized spacial score (nSPS) is 17.8. The van der Waals surface area contributed by atoms with Crippen molar-refractivity contribution in [3.63, 3.8) is 0 Å². The Labute approximate surface area is 143 Å². The van der Waals surface area contributed by atoms with Gasteiger partial charge in [0, 0.05) is 13.1 Å². The summed E-state index contributed by atoms with van der Waals surface area (Å²) in [5.41, 5.74) is 0. The van der Waals surface area contributed by atoms with E-state index in [0.29, 0.717) is 44.6 Å². The number of benzene rings is 1. The molecule has 1 fully saturated rings. The number of nitrogens with zero attached hydrogens (tertiary/aromatic N) is 1. The quantitative estimate of drug-likeness (QED) is 0.648. The lowest BCUT2D eigenvalue weighted by Gasteiger charge is -2.26. The molecule has 1 aromatic rings. The Morgan fingerprint density at radius 3 is 2.46 bits per heavy atom. The highest BCUT2D eigenvalue weighted by atomic mass is 32.2. The lowest BCUT2D eigenvalue weighted by molar-refractivity contribution is -0.688. The minimum atomic E-state index is -3.48. The Balaban J connectivity index is 1.90. The first-order valence-electron chi connectivity index (χ1n) is 8.21. The zero-order chi connectivity index (χ0) is 17.6. The summed E-state index contributed by atoms with van der Waals surface area (Å²) in [6.07, 6.45) is -0.566. The number of aliphatic hydroxyl groups excluding tert-OH is 1. The van der Waals surface area contributed by atoms with Crippen LogP contribution in [0.5, 0.6) is 5.75 Å². The number of nitrogens with two attached hydrogens (primary N) is 1. The van der Waals surface area contributed by atoms with Crippen molar-refractivity contribution in [3.05, 3.63) is 24.3 Å². The number of ether oxygens (including phenoxy) is 2. The van der Waals surface area contributed by atoms with Crippen molar-refractivity contribution in [2.24, 2.45) is 0 Å². The van der Waals surface area contributed by atoms with E-state index >= 15 is 0 Å². The molecule has 1 saturated heterocycles. The van der Waals surface area contributed by atoms with Crippen LogP contribution in [0.25, 0.3) is 0 Å². The maximum atomic E-state index is 12.5. The number of hydrogen-bond donors (Lipinski definition) is 2. The third kappa shape index (κ3) is 5.42. The second kappa shape index (κ2) is 8.77. The molecular weight excluding hydrogens is 332 g/mol. The van der Waals surface area contributed by atoms with Crippen molar-refractivity contribution in [2.45, 2.75) is 30.9 Å². The SMILES string of the molecule is CC(C)[NH2+]C[C@H](O)COc1ccc(S(=O)(=O)N2CCOCC2)cc1. The molecule has 0 spiro atoms. The van der Waals surface area contributed by atoms with Gasteiger partial charge in [-0.3, -0.25) is 0 Å². The number of aliphatic hydroxyl groups is 1. The molecule has 3 N–H and O–H groups in total. The van der Waals surface area contributed by atoms with Crippen LogP contribution in [0.4, 0.5) is 0 Å². The van der Waals surface area contributed by atoms with E-state index in [4.69, 9.17) is 9.47 Å². The molecule has 1 aromatic carbocycles. The molecule has 24 heavy (non-hydrogen) atoms. The van der Waals surface area contributed by atoms with Crippen molar-refractivity contribution in [1.29, 1.82) is 0 Å². The van der Waals surface area contributed by atoms with E-state index in [-0.39, 0.29) is 11.5 Å². The van der Waals surface area contributed by atoms with Crippen LogP contribution < -0.4 is 10.1 Å². The van der Waals surface area contributed by atoms with Crippen molar-refractivity contribution < 1.29 is 28.3 Å². The van der Waals surface area contributed by atoms with Crippen LogP contribution in [0.1, 0.15) is 13.8 Å². The molecule has 2 rings (SSSR count). The van der Waals surface area contributed by atoms with E-state index in [1.165, 1.54) is 16.4 Å². The summed E-state index contributed by atoms with van der Waals surface area (Å²) in [5, 5.41) is 11.9. The maximum Gasteiger partial charge on any atom is 0.243 e. The summed E-state index contributed by atoms with van der Waals surface area (Å²) in [4.78, 5) is 0.241. The van der Waals surface area contributed by atoms with Crippen LogP contribution in [0, 0.1) is 0 Å². The van der Waals surface area contributed by atoms with E-state index in [1.807, 2.05) is 5.32 Å². The molecule has 0 aliphatic carbocycles. The van der Waals surface area contributed by atoms with Gasteiger partial charge in [0.2, 0.25) is 10.0 Å². The van der Waals surface area contributed by atoms with Gasteiger partial charge >= 0.3 is 0 Å². The molecule has 8 heteroatoms. The van der Waals surface area contributed by atoms with Gasteiger partial charge in [0.15, 0.2) is 0 Å². The predicted octanol–water partition coefficient (Wildman–Crippen LogP) is -0.581. The first-order chi connectivity index (χ1) is 11.4. The summed E-state index contributed by atoms with van der Waals surface area (Å²) in [7, 11) is -3.48. The Kier molecular flexibility index (Phi) is 7.00. The average molecular weight is 359 g/mol. The lowest BCUT2D eigenvalue weighted by atomic mass is 10.3. The van der Waals surface area contributed by atoms with E-state index in [9.17, 15) is 13.5 Å². The standard InChI is InChI=1S/C16H26N2O5S/c1-13(2)17-11-14(19)12-23-15-3-5-16(6-4-15)24(20,21)18-7-9-22-10-8-18/h3-6,13-14,17,19H,7-12H2,1-2H3/p+1/t14-/m0/s1. The van der Waals surface area contributed by atoms with Crippen LogP contribution in [-0.2, 0) is 14.8 Å². The molecule has 0 amide bonds. The number of hydrogen-bond acceptors (Lipinski definition) is 5. The van der Waals surface area contributed by atoms with Gasteiger partial charge in [0.1, 0.15) is 25.0 Å². The van der Waals surface area contributed by atoms with Gasteiger partial charge in [-0.05, 0) is 38.1 Å². The van der Waals surface area contributed by atoms with Gasteiger partial charge in [0.05, 0.1) is 24.2 Å². The Bertz CT molecular complexity index is 597. The van der Waals surface area contributed by atoms with Crippen LogP contribution in [0.3, 0.4) is 0 Å². The molecule has 1 heterocycles. The molecule has 0 bridgehead atoms. The van der Waals surface area contributed by atoms with E-state index in [2.05, 4.69) is 13.8 Å². The predicted molar refractivity (Wildman–Crippen MR) is 89.5 cm³/mol. The molecule has 7 nitrogen and oxygen atoms in total. The minimum absolute atomic E-state index is 0.179. The smallest absolute Gasteiger partial charge is 0.243 e. The third-order valence-corrected chi connectivity index (χ3v) is 5.67. The highest BCUT2D eigenvalue weighted by Crippen LogP contribution is 2.20. The summed E-state index contributed by atoms with van der Waals surface area (Å²) < 4.78 is 37.1. The molecule has 0 radical (unpaired) electrons. The molecule has 0 saturated carbocycles. The molecule has 1 atom stereocenters. The lowest BCUT2D eigenvalue weighted by Crippen LogP contribution is -2.90. The molecular formula is C16H27N2O5S+. The van der Waals surface area contributed by atoms with E-state index < -0.39 is 16.1 Å². The molecule has 136 valence electrons. The second-order valence-corrected chi connectivity index (χ2v) is 8.11. The summed E-state index contributed by atoms with van der Waals surface area (Å²) in [6, 6.07) is 6.72. The Morgan fingerprint density at radius 1 is 1.25 bits per heavy atom. The minimum Gasteiger partial charge on any atom is -0.491 e.